The second kappa shape index (κ2) is 6.92. The van der Waals surface area contributed by atoms with Crippen molar-refractivity contribution in [2.45, 2.75) is 58.2 Å². The third kappa shape index (κ3) is 3.48. The quantitative estimate of drug-likeness (QED) is 0.483. The van der Waals surface area contributed by atoms with Crippen LogP contribution in [0.5, 0.6) is 5.75 Å². The highest BCUT2D eigenvalue weighted by Gasteiger charge is 2.47. The van der Waals surface area contributed by atoms with Gasteiger partial charge in [0.05, 0.1) is 5.02 Å². The van der Waals surface area contributed by atoms with Crippen molar-refractivity contribution < 1.29 is 13.6 Å². The highest BCUT2D eigenvalue weighted by atomic mass is 35.5. The van der Waals surface area contributed by atoms with Gasteiger partial charge in [0.1, 0.15) is 5.75 Å². The van der Waals surface area contributed by atoms with Gasteiger partial charge in [0, 0.05) is 5.56 Å². The minimum absolute atomic E-state index is 0.112. The van der Waals surface area contributed by atoms with Gasteiger partial charge in [-0.1, -0.05) is 53.1 Å². The third-order valence-electron chi connectivity index (χ3n) is 4.17. The number of hydrogen-bond donors (Lipinski definition) is 0. The number of hydrogen-bond acceptors (Lipinski definition) is 2. The molecule has 1 aromatic carbocycles. The summed E-state index contributed by atoms with van der Waals surface area (Å²) in [6.45, 7) is 12.8. The highest BCUT2D eigenvalue weighted by Crippen LogP contribution is 2.43. The lowest BCUT2D eigenvalue weighted by atomic mass is 10.2. The molecular formula is C16H24ClFO2Si. The zero-order chi connectivity index (χ0) is 16.4. The molecule has 0 aliphatic heterocycles. The molecule has 0 saturated heterocycles. The summed E-state index contributed by atoms with van der Waals surface area (Å²) in [5.41, 5.74) is 1.24. The molecule has 1 aromatic rings. The lowest BCUT2D eigenvalue weighted by Gasteiger charge is -2.42. The molecule has 0 radical (unpaired) electrons. The van der Waals surface area contributed by atoms with Crippen LogP contribution in [-0.2, 0) is 0 Å². The average Bonchev–Trinajstić information content (AvgIpc) is 2.36. The molecule has 0 aromatic heterocycles. The van der Waals surface area contributed by atoms with Crippen LogP contribution >= 0.6 is 11.6 Å². The maximum absolute atomic E-state index is 14.2. The topological polar surface area (TPSA) is 26.3 Å². The van der Waals surface area contributed by atoms with Crippen molar-refractivity contribution in [1.82, 2.24) is 0 Å². The van der Waals surface area contributed by atoms with E-state index < -0.39 is 14.1 Å². The third-order valence-corrected chi connectivity index (χ3v) is 10.5. The molecule has 5 heteroatoms. The first-order valence-corrected chi connectivity index (χ1v) is 9.81. The van der Waals surface area contributed by atoms with Gasteiger partial charge in [-0.05, 0) is 28.8 Å². The van der Waals surface area contributed by atoms with Crippen molar-refractivity contribution in [2.75, 3.05) is 0 Å². The molecule has 0 bridgehead atoms. The van der Waals surface area contributed by atoms with E-state index in [0.717, 1.165) is 6.07 Å². The zero-order valence-electron chi connectivity index (χ0n) is 13.5. The van der Waals surface area contributed by atoms with Crippen LogP contribution in [0.4, 0.5) is 4.39 Å². The summed E-state index contributed by atoms with van der Waals surface area (Å²) < 4.78 is 20.4. The normalized spacial score (nSPS) is 12.3. The molecule has 0 atom stereocenters. The van der Waals surface area contributed by atoms with E-state index in [1.54, 1.807) is 0 Å². The van der Waals surface area contributed by atoms with Gasteiger partial charge in [0.25, 0.3) is 8.32 Å². The summed E-state index contributed by atoms with van der Waals surface area (Å²) in [6.07, 6.45) is 0.623. The van der Waals surface area contributed by atoms with Gasteiger partial charge in [0.15, 0.2) is 12.1 Å². The van der Waals surface area contributed by atoms with Crippen LogP contribution in [0, 0.1) is 5.82 Å². The molecule has 0 N–H and O–H groups in total. The molecule has 0 fully saturated rings. The lowest BCUT2D eigenvalue weighted by Crippen LogP contribution is -2.50. The van der Waals surface area contributed by atoms with Crippen LogP contribution in [0.1, 0.15) is 51.9 Å². The van der Waals surface area contributed by atoms with Crippen molar-refractivity contribution >= 4 is 26.2 Å². The first-order chi connectivity index (χ1) is 9.66. The van der Waals surface area contributed by atoms with E-state index in [1.807, 2.05) is 0 Å². The van der Waals surface area contributed by atoms with Crippen LogP contribution in [0.3, 0.4) is 0 Å². The van der Waals surface area contributed by atoms with E-state index in [2.05, 4.69) is 41.5 Å². The van der Waals surface area contributed by atoms with E-state index in [-0.39, 0.29) is 16.3 Å². The number of benzene rings is 1. The summed E-state index contributed by atoms with van der Waals surface area (Å²) in [5, 5.41) is 0.112. The van der Waals surface area contributed by atoms with Gasteiger partial charge in [-0.3, -0.25) is 4.79 Å². The largest absolute Gasteiger partial charge is 0.541 e. The monoisotopic (exact) mass is 330 g/mol. The smallest absolute Gasteiger partial charge is 0.258 e. The van der Waals surface area contributed by atoms with Crippen molar-refractivity contribution in [3.8, 4) is 5.75 Å². The maximum atomic E-state index is 14.2. The maximum Gasteiger partial charge on any atom is 0.258 e. The van der Waals surface area contributed by atoms with Crippen molar-refractivity contribution in [3.63, 3.8) is 0 Å². The highest BCUT2D eigenvalue weighted by molar-refractivity contribution is 6.78. The SMILES string of the molecule is CC(C)[Si](Oc1cc(C=O)c(Cl)cc1F)(C(C)C)C(C)C. The van der Waals surface area contributed by atoms with Gasteiger partial charge in [-0.2, -0.15) is 0 Å². The molecule has 0 aliphatic rings. The van der Waals surface area contributed by atoms with Gasteiger partial charge in [-0.25, -0.2) is 4.39 Å². The zero-order valence-corrected chi connectivity index (χ0v) is 15.3. The fourth-order valence-electron chi connectivity index (χ4n) is 3.26. The molecular weight excluding hydrogens is 307 g/mol. The number of halogens is 2. The Morgan fingerprint density at radius 3 is 1.95 bits per heavy atom. The Labute approximate surface area is 132 Å². The van der Waals surface area contributed by atoms with E-state index in [1.165, 1.54) is 6.07 Å². The molecule has 1 rings (SSSR count). The second-order valence-corrected chi connectivity index (χ2v) is 12.1. The number of carbonyl (C=O) groups is 1. The Hall–Kier alpha value is -0.873. The average molecular weight is 331 g/mol. The number of carbonyl (C=O) groups excluding carboxylic acids is 1. The summed E-state index contributed by atoms with van der Waals surface area (Å²) in [4.78, 5) is 11.0. The molecule has 0 heterocycles. The molecule has 0 saturated carbocycles. The van der Waals surface area contributed by atoms with Crippen molar-refractivity contribution in [3.05, 3.63) is 28.5 Å². The Morgan fingerprint density at radius 2 is 1.57 bits per heavy atom. The molecule has 0 amide bonds. The summed E-state index contributed by atoms with van der Waals surface area (Å²) in [6, 6.07) is 2.57. The Bertz CT molecular complexity index is 493. The predicted molar refractivity (Wildman–Crippen MR) is 88.5 cm³/mol. The molecule has 2 nitrogen and oxygen atoms in total. The molecule has 118 valence electrons. The van der Waals surface area contributed by atoms with Crippen molar-refractivity contribution in [1.29, 1.82) is 0 Å². The van der Waals surface area contributed by atoms with E-state index in [0.29, 0.717) is 22.9 Å². The Balaban J connectivity index is 3.36. The lowest BCUT2D eigenvalue weighted by molar-refractivity contribution is 0.112. The summed E-state index contributed by atoms with van der Waals surface area (Å²) >= 11 is 5.85. The van der Waals surface area contributed by atoms with Crippen LogP contribution < -0.4 is 4.43 Å². The van der Waals surface area contributed by atoms with Gasteiger partial charge in [-0.15, -0.1) is 0 Å². The molecule has 0 spiro atoms. The van der Waals surface area contributed by atoms with Crippen LogP contribution in [0.25, 0.3) is 0 Å². The summed E-state index contributed by atoms with van der Waals surface area (Å²) in [7, 11) is -2.25. The fraction of sp³-hybridized carbons (Fsp3) is 0.562. The fourth-order valence-corrected chi connectivity index (χ4v) is 8.70. The van der Waals surface area contributed by atoms with E-state index >= 15 is 0 Å². The Kier molecular flexibility index (Phi) is 5.99. The first kappa shape index (κ1) is 18.2. The first-order valence-electron chi connectivity index (χ1n) is 7.30. The van der Waals surface area contributed by atoms with Gasteiger partial charge in [0.2, 0.25) is 0 Å². The van der Waals surface area contributed by atoms with Gasteiger partial charge < -0.3 is 4.43 Å². The molecule has 21 heavy (non-hydrogen) atoms. The number of aldehydes is 1. The minimum atomic E-state index is -2.25. The van der Waals surface area contributed by atoms with Crippen molar-refractivity contribution in [2.24, 2.45) is 0 Å². The predicted octanol–water partition coefficient (Wildman–Crippen LogP) is 5.85. The van der Waals surface area contributed by atoms with E-state index in [4.69, 9.17) is 16.0 Å². The van der Waals surface area contributed by atoms with Crippen LogP contribution in [0.2, 0.25) is 21.6 Å². The Morgan fingerprint density at radius 1 is 1.10 bits per heavy atom. The second-order valence-electron chi connectivity index (χ2n) is 6.34. The van der Waals surface area contributed by atoms with Crippen LogP contribution in [-0.4, -0.2) is 14.6 Å². The standard InChI is InChI=1S/C16H24ClFO2Si/c1-10(2)21(11(3)4,12(5)6)20-16-7-13(9-19)14(17)8-15(16)18/h7-12H,1-6H3. The minimum Gasteiger partial charge on any atom is -0.541 e. The molecule has 0 unspecified atom stereocenters. The molecule has 0 aliphatic carbocycles. The van der Waals surface area contributed by atoms with Crippen LogP contribution in [0.15, 0.2) is 12.1 Å². The van der Waals surface area contributed by atoms with Gasteiger partial charge >= 0.3 is 0 Å². The summed E-state index contributed by atoms with van der Waals surface area (Å²) in [5.74, 6) is -0.367. The van der Waals surface area contributed by atoms with E-state index in [9.17, 15) is 9.18 Å². The number of rotatable bonds is 6.